The maximum absolute atomic E-state index is 13.2. The molecule has 1 N–H and O–H groups in total. The summed E-state index contributed by atoms with van der Waals surface area (Å²) in [5.74, 6) is -0.860. The molecule has 2 rings (SSSR count). The normalized spacial score (nSPS) is 11.4. The minimum absolute atomic E-state index is 0.106. The molecule has 94 valence electrons. The van der Waals surface area contributed by atoms with E-state index in [0.29, 0.717) is 11.1 Å². The lowest BCUT2D eigenvalue weighted by Crippen LogP contribution is -1.99. The van der Waals surface area contributed by atoms with Gasteiger partial charge in [0.25, 0.3) is 0 Å². The van der Waals surface area contributed by atoms with Gasteiger partial charge in [-0.15, -0.1) is 0 Å². The van der Waals surface area contributed by atoms with Crippen molar-refractivity contribution in [1.82, 2.24) is 0 Å². The first kappa shape index (κ1) is 12.6. The quantitative estimate of drug-likeness (QED) is 0.909. The fourth-order valence-corrected chi connectivity index (χ4v) is 2.67. The lowest BCUT2D eigenvalue weighted by molar-refractivity contribution is 0.469. The first-order valence-corrected chi connectivity index (χ1v) is 7.06. The first-order valence-electron chi connectivity index (χ1n) is 5.17. The minimum atomic E-state index is -3.41. The molecule has 0 bridgehead atoms. The largest absolute Gasteiger partial charge is 0.508 e. The number of hydrogen-bond donors (Lipinski definition) is 1. The van der Waals surface area contributed by atoms with Crippen LogP contribution in [0.5, 0.6) is 5.75 Å². The molecule has 0 aliphatic heterocycles. The van der Waals surface area contributed by atoms with Crippen LogP contribution in [0.1, 0.15) is 0 Å². The topological polar surface area (TPSA) is 54.4 Å². The summed E-state index contributed by atoms with van der Waals surface area (Å²) in [4.78, 5) is 0.106. The van der Waals surface area contributed by atoms with Crippen LogP contribution < -0.4 is 0 Å². The number of phenolic OH excluding ortho intramolecular Hbond substituents is 1. The van der Waals surface area contributed by atoms with Crippen LogP contribution in [0.3, 0.4) is 0 Å². The maximum atomic E-state index is 13.2. The number of halogens is 1. The molecule has 2 aromatic rings. The molecule has 0 heterocycles. The molecule has 0 amide bonds. The van der Waals surface area contributed by atoms with Crippen LogP contribution in [0.25, 0.3) is 11.1 Å². The zero-order valence-corrected chi connectivity index (χ0v) is 10.4. The van der Waals surface area contributed by atoms with E-state index in [1.54, 1.807) is 18.2 Å². The van der Waals surface area contributed by atoms with Crippen molar-refractivity contribution in [3.63, 3.8) is 0 Å². The van der Waals surface area contributed by atoms with Crippen LogP contribution in [0.15, 0.2) is 47.4 Å². The average Bonchev–Trinajstić information content (AvgIpc) is 2.26. The Morgan fingerprint density at radius 1 is 1.11 bits per heavy atom. The lowest BCUT2D eigenvalue weighted by Gasteiger charge is -2.08. The Bertz CT molecular complexity index is 673. The molecule has 0 aliphatic rings. The fraction of sp³-hybridized carbons (Fsp3) is 0.0769. The third-order valence-corrected chi connectivity index (χ3v) is 3.64. The van der Waals surface area contributed by atoms with Gasteiger partial charge in [0.2, 0.25) is 0 Å². The van der Waals surface area contributed by atoms with Gasteiger partial charge in [0.15, 0.2) is 9.84 Å². The van der Waals surface area contributed by atoms with Crippen molar-refractivity contribution in [2.24, 2.45) is 0 Å². The smallest absolute Gasteiger partial charge is 0.176 e. The Labute approximate surface area is 104 Å². The number of hydrogen-bond acceptors (Lipinski definition) is 3. The molecule has 0 aromatic heterocycles. The van der Waals surface area contributed by atoms with E-state index in [-0.39, 0.29) is 10.6 Å². The van der Waals surface area contributed by atoms with Crippen molar-refractivity contribution in [2.45, 2.75) is 4.90 Å². The predicted octanol–water partition coefficient (Wildman–Crippen LogP) is 2.60. The molecule has 18 heavy (non-hydrogen) atoms. The number of phenols is 1. The zero-order valence-electron chi connectivity index (χ0n) is 9.59. The van der Waals surface area contributed by atoms with E-state index in [2.05, 4.69) is 0 Å². The molecule has 0 atom stereocenters. The highest BCUT2D eigenvalue weighted by atomic mass is 32.2. The highest BCUT2D eigenvalue weighted by Gasteiger charge is 2.14. The highest BCUT2D eigenvalue weighted by Crippen LogP contribution is 2.30. The number of benzene rings is 2. The van der Waals surface area contributed by atoms with Crippen molar-refractivity contribution in [3.05, 3.63) is 48.3 Å². The molecule has 0 spiro atoms. The van der Waals surface area contributed by atoms with Crippen molar-refractivity contribution in [1.29, 1.82) is 0 Å². The summed E-state index contributed by atoms with van der Waals surface area (Å²) in [6.45, 7) is 0. The van der Waals surface area contributed by atoms with E-state index < -0.39 is 15.7 Å². The highest BCUT2D eigenvalue weighted by molar-refractivity contribution is 7.90. The van der Waals surface area contributed by atoms with Gasteiger partial charge in [-0.25, -0.2) is 12.8 Å². The van der Waals surface area contributed by atoms with Crippen LogP contribution in [-0.4, -0.2) is 19.8 Å². The van der Waals surface area contributed by atoms with Gasteiger partial charge in [0.05, 0.1) is 4.90 Å². The maximum Gasteiger partial charge on any atom is 0.176 e. The molecule has 0 fully saturated rings. The Morgan fingerprint density at radius 3 is 2.39 bits per heavy atom. The number of aromatic hydroxyl groups is 1. The van der Waals surface area contributed by atoms with E-state index in [0.717, 1.165) is 12.3 Å². The van der Waals surface area contributed by atoms with Crippen molar-refractivity contribution < 1.29 is 17.9 Å². The predicted molar refractivity (Wildman–Crippen MR) is 66.6 cm³/mol. The minimum Gasteiger partial charge on any atom is -0.508 e. The Morgan fingerprint density at radius 2 is 1.78 bits per heavy atom. The van der Waals surface area contributed by atoms with Crippen LogP contribution >= 0.6 is 0 Å². The molecular formula is C13H11FO3S. The van der Waals surface area contributed by atoms with Crippen molar-refractivity contribution >= 4 is 9.84 Å². The average molecular weight is 266 g/mol. The van der Waals surface area contributed by atoms with Gasteiger partial charge in [-0.1, -0.05) is 18.2 Å². The van der Waals surface area contributed by atoms with Crippen LogP contribution in [0.4, 0.5) is 4.39 Å². The van der Waals surface area contributed by atoms with Gasteiger partial charge in [-0.3, -0.25) is 0 Å². The van der Waals surface area contributed by atoms with Crippen molar-refractivity contribution in [2.75, 3.05) is 6.26 Å². The molecule has 0 saturated carbocycles. The van der Waals surface area contributed by atoms with Crippen LogP contribution in [-0.2, 0) is 9.84 Å². The summed E-state index contributed by atoms with van der Waals surface area (Å²) in [6, 6.07) is 9.76. The fourth-order valence-electron chi connectivity index (χ4n) is 1.76. The van der Waals surface area contributed by atoms with Crippen molar-refractivity contribution in [3.8, 4) is 16.9 Å². The lowest BCUT2D eigenvalue weighted by atomic mass is 10.1. The summed E-state index contributed by atoms with van der Waals surface area (Å²) in [5, 5.41) is 9.36. The third-order valence-electron chi connectivity index (χ3n) is 2.48. The Balaban J connectivity index is 2.72. The van der Waals surface area contributed by atoms with Gasteiger partial charge < -0.3 is 5.11 Å². The molecule has 0 saturated heterocycles. The van der Waals surface area contributed by atoms with Gasteiger partial charge in [0.1, 0.15) is 11.6 Å². The summed E-state index contributed by atoms with van der Waals surface area (Å²) >= 11 is 0. The van der Waals surface area contributed by atoms with Gasteiger partial charge in [-0.05, 0) is 23.8 Å². The third kappa shape index (κ3) is 2.51. The summed E-state index contributed by atoms with van der Waals surface area (Å²) < 4.78 is 36.5. The van der Waals surface area contributed by atoms with Crippen LogP contribution in [0, 0.1) is 5.82 Å². The van der Waals surface area contributed by atoms with Gasteiger partial charge >= 0.3 is 0 Å². The molecule has 3 nitrogen and oxygen atoms in total. The van der Waals surface area contributed by atoms with Crippen LogP contribution in [0.2, 0.25) is 0 Å². The summed E-state index contributed by atoms with van der Waals surface area (Å²) in [5.41, 5.74) is 0.698. The van der Waals surface area contributed by atoms with Gasteiger partial charge in [0, 0.05) is 17.9 Å². The molecule has 0 unspecified atom stereocenters. The molecule has 2 aromatic carbocycles. The molecule has 0 aliphatic carbocycles. The summed E-state index contributed by atoms with van der Waals surface area (Å²) in [7, 11) is -3.41. The first-order chi connectivity index (χ1) is 8.38. The second-order valence-electron chi connectivity index (χ2n) is 3.97. The van der Waals surface area contributed by atoms with E-state index in [9.17, 15) is 17.9 Å². The zero-order chi connectivity index (χ0) is 13.3. The molecule has 0 radical (unpaired) electrons. The number of sulfone groups is 1. The Hall–Kier alpha value is -1.88. The SMILES string of the molecule is CS(=O)(=O)c1ccccc1-c1cc(O)cc(F)c1. The second kappa shape index (κ2) is 4.42. The standard InChI is InChI=1S/C13H11FO3S/c1-18(16,17)13-5-3-2-4-12(13)9-6-10(14)8-11(15)7-9/h2-8,15H,1H3. The van der Waals surface area contributed by atoms with E-state index >= 15 is 0 Å². The summed E-state index contributed by atoms with van der Waals surface area (Å²) in [6.07, 6.45) is 1.09. The molecular weight excluding hydrogens is 255 g/mol. The van der Waals surface area contributed by atoms with E-state index in [4.69, 9.17) is 0 Å². The number of rotatable bonds is 2. The van der Waals surface area contributed by atoms with Gasteiger partial charge in [-0.2, -0.15) is 0 Å². The molecule has 5 heteroatoms. The Kier molecular flexibility index (Phi) is 3.09. The van der Waals surface area contributed by atoms with E-state index in [1.807, 2.05) is 0 Å². The monoisotopic (exact) mass is 266 g/mol. The second-order valence-corrected chi connectivity index (χ2v) is 5.95. The van der Waals surface area contributed by atoms with E-state index in [1.165, 1.54) is 18.2 Å².